The van der Waals surface area contributed by atoms with E-state index < -0.39 is 33.4 Å². The highest BCUT2D eigenvalue weighted by Crippen LogP contribution is 2.25. The number of nitrogens with one attached hydrogen (secondary N) is 2. The van der Waals surface area contributed by atoms with E-state index in [0.29, 0.717) is 25.2 Å². The third-order valence-electron chi connectivity index (χ3n) is 4.22. The number of methoxy groups -OCH3 is 1. The minimum Gasteiger partial charge on any atom is -0.496 e. The normalized spacial score (nSPS) is 16.6. The van der Waals surface area contributed by atoms with Crippen LogP contribution in [0.1, 0.15) is 16.8 Å². The van der Waals surface area contributed by atoms with Crippen molar-refractivity contribution in [3.63, 3.8) is 0 Å². The summed E-state index contributed by atoms with van der Waals surface area (Å²) < 4.78 is 77.6. The summed E-state index contributed by atoms with van der Waals surface area (Å²) in [5.41, 5.74) is -0.536. The second kappa shape index (κ2) is 8.39. The molecule has 0 saturated carbocycles. The first-order chi connectivity index (χ1) is 13.7. The van der Waals surface area contributed by atoms with Crippen molar-refractivity contribution in [1.29, 1.82) is 0 Å². The van der Waals surface area contributed by atoms with E-state index in [9.17, 15) is 26.4 Å². The number of hydrogen-bond donors (Lipinski definition) is 2. The molecule has 1 fully saturated rings. The Morgan fingerprint density at radius 2 is 1.86 bits per heavy atom. The van der Waals surface area contributed by atoms with Crippen LogP contribution in [0.3, 0.4) is 0 Å². The van der Waals surface area contributed by atoms with Crippen molar-refractivity contribution in [3.8, 4) is 5.75 Å². The Bertz CT molecular complexity index is 1020. The molecule has 2 aromatic rings. The summed E-state index contributed by atoms with van der Waals surface area (Å²) in [4.78, 5) is 12.4. The zero-order chi connectivity index (χ0) is 21.2. The maximum atomic E-state index is 13.4. The number of rotatable bonds is 6. The van der Waals surface area contributed by atoms with Gasteiger partial charge in [0.05, 0.1) is 24.2 Å². The number of benzene rings is 2. The summed E-state index contributed by atoms with van der Waals surface area (Å²) in [7, 11) is -2.68. The zero-order valence-corrected chi connectivity index (χ0v) is 16.0. The average Bonchev–Trinajstić information content (AvgIpc) is 3.17. The molecule has 1 atom stereocenters. The third kappa shape index (κ3) is 4.69. The second-order valence-electron chi connectivity index (χ2n) is 6.25. The van der Waals surface area contributed by atoms with Crippen molar-refractivity contribution in [2.45, 2.75) is 17.4 Å². The van der Waals surface area contributed by atoms with E-state index in [1.54, 1.807) is 0 Å². The Hall–Kier alpha value is -2.63. The standard InChI is InChI=1S/C18H17F3N2O5S/c1-27-16-3-2-12(29(25,26)23-10-4-5-28-9-10)8-13(16)18(24)22-11-6-14(19)17(21)15(20)7-11/h2-3,6-8,10,23H,4-5,9H2,1H3,(H,22,24). The van der Waals surface area contributed by atoms with Gasteiger partial charge in [0.15, 0.2) is 17.5 Å². The first kappa shape index (κ1) is 21.1. The summed E-state index contributed by atoms with van der Waals surface area (Å²) in [5, 5.41) is 2.19. The molecule has 7 nitrogen and oxygen atoms in total. The lowest BCUT2D eigenvalue weighted by molar-refractivity contribution is 0.102. The van der Waals surface area contributed by atoms with Crippen LogP contribution in [0.4, 0.5) is 18.9 Å². The van der Waals surface area contributed by atoms with Gasteiger partial charge in [0.25, 0.3) is 5.91 Å². The van der Waals surface area contributed by atoms with Gasteiger partial charge in [-0.15, -0.1) is 0 Å². The van der Waals surface area contributed by atoms with Gasteiger partial charge in [-0.3, -0.25) is 4.79 Å². The van der Waals surface area contributed by atoms with Crippen LogP contribution in [0.25, 0.3) is 0 Å². The number of sulfonamides is 1. The topological polar surface area (TPSA) is 93.7 Å². The van der Waals surface area contributed by atoms with Gasteiger partial charge in [0.2, 0.25) is 10.0 Å². The predicted octanol–water partition coefficient (Wildman–Crippen LogP) is 2.43. The summed E-state index contributed by atoms with van der Waals surface area (Å²) in [5.74, 6) is -5.49. The molecule has 1 aliphatic rings. The van der Waals surface area contributed by atoms with Crippen LogP contribution in [-0.2, 0) is 14.8 Å². The molecule has 0 aromatic heterocycles. The molecule has 1 aliphatic heterocycles. The first-order valence-electron chi connectivity index (χ1n) is 8.45. The average molecular weight is 430 g/mol. The first-order valence-corrected chi connectivity index (χ1v) is 9.93. The highest BCUT2D eigenvalue weighted by Gasteiger charge is 2.25. The molecular formula is C18H17F3N2O5S. The van der Waals surface area contributed by atoms with Crippen LogP contribution >= 0.6 is 0 Å². The minimum atomic E-state index is -3.95. The molecule has 1 heterocycles. The maximum Gasteiger partial charge on any atom is 0.259 e. The predicted molar refractivity (Wildman–Crippen MR) is 96.8 cm³/mol. The Labute approximate surface area is 164 Å². The molecule has 2 N–H and O–H groups in total. The molecule has 2 aromatic carbocycles. The van der Waals surface area contributed by atoms with E-state index in [1.165, 1.54) is 19.2 Å². The number of halogens is 3. The number of ether oxygens (including phenoxy) is 2. The van der Waals surface area contributed by atoms with Gasteiger partial charge < -0.3 is 14.8 Å². The molecule has 29 heavy (non-hydrogen) atoms. The molecule has 0 bridgehead atoms. The largest absolute Gasteiger partial charge is 0.496 e. The molecule has 1 amide bonds. The second-order valence-corrected chi connectivity index (χ2v) is 7.97. The van der Waals surface area contributed by atoms with Crippen molar-refractivity contribution in [3.05, 3.63) is 53.3 Å². The van der Waals surface area contributed by atoms with Crippen LogP contribution in [0.2, 0.25) is 0 Å². The minimum absolute atomic E-state index is 0.0358. The van der Waals surface area contributed by atoms with E-state index in [0.717, 1.165) is 6.07 Å². The Morgan fingerprint density at radius 1 is 1.17 bits per heavy atom. The van der Waals surface area contributed by atoms with Crippen molar-refractivity contribution in [1.82, 2.24) is 4.72 Å². The van der Waals surface area contributed by atoms with Gasteiger partial charge in [-0.2, -0.15) is 0 Å². The van der Waals surface area contributed by atoms with Gasteiger partial charge >= 0.3 is 0 Å². The van der Waals surface area contributed by atoms with Gasteiger partial charge in [0.1, 0.15) is 5.75 Å². The van der Waals surface area contributed by atoms with Crippen LogP contribution in [-0.4, -0.2) is 40.7 Å². The van der Waals surface area contributed by atoms with Crippen LogP contribution < -0.4 is 14.8 Å². The monoisotopic (exact) mass is 430 g/mol. The summed E-state index contributed by atoms with van der Waals surface area (Å²) in [6.45, 7) is 0.679. The molecule has 1 unspecified atom stereocenters. The van der Waals surface area contributed by atoms with E-state index >= 15 is 0 Å². The molecule has 11 heteroatoms. The van der Waals surface area contributed by atoms with Crippen molar-refractivity contribution in [2.75, 3.05) is 25.6 Å². The third-order valence-corrected chi connectivity index (χ3v) is 5.74. The zero-order valence-electron chi connectivity index (χ0n) is 15.2. The van der Waals surface area contributed by atoms with Gasteiger partial charge in [-0.1, -0.05) is 0 Å². The SMILES string of the molecule is COc1ccc(S(=O)(=O)NC2CCOC2)cc1C(=O)Nc1cc(F)c(F)c(F)c1. The lowest BCUT2D eigenvalue weighted by Gasteiger charge is -2.14. The fourth-order valence-electron chi connectivity index (χ4n) is 2.77. The number of carbonyl (C=O) groups excluding carboxylic acids is 1. The van der Waals surface area contributed by atoms with Crippen molar-refractivity contribution < 1.29 is 35.9 Å². The molecule has 156 valence electrons. The van der Waals surface area contributed by atoms with E-state index in [2.05, 4.69) is 10.0 Å². The fraction of sp³-hybridized carbons (Fsp3) is 0.278. The highest BCUT2D eigenvalue weighted by molar-refractivity contribution is 7.89. The molecule has 1 saturated heterocycles. The number of hydrogen-bond acceptors (Lipinski definition) is 5. The van der Waals surface area contributed by atoms with E-state index in [-0.39, 0.29) is 34.5 Å². The van der Waals surface area contributed by atoms with Crippen molar-refractivity contribution >= 4 is 21.6 Å². The summed E-state index contributed by atoms with van der Waals surface area (Å²) >= 11 is 0. The number of carbonyl (C=O) groups is 1. The highest BCUT2D eigenvalue weighted by atomic mass is 32.2. The summed E-state index contributed by atoms with van der Waals surface area (Å²) in [6, 6.07) is 4.42. The fourth-order valence-corrected chi connectivity index (χ4v) is 4.05. The molecule has 3 rings (SSSR count). The number of amides is 1. The van der Waals surface area contributed by atoms with Gasteiger partial charge in [-0.05, 0) is 24.6 Å². The maximum absolute atomic E-state index is 13.4. The Balaban J connectivity index is 1.89. The Kier molecular flexibility index (Phi) is 6.10. The molecular weight excluding hydrogens is 413 g/mol. The quantitative estimate of drug-likeness (QED) is 0.687. The molecule has 0 spiro atoms. The smallest absolute Gasteiger partial charge is 0.259 e. The lowest BCUT2D eigenvalue weighted by atomic mass is 10.1. The van der Waals surface area contributed by atoms with Gasteiger partial charge in [-0.25, -0.2) is 26.3 Å². The summed E-state index contributed by atoms with van der Waals surface area (Å²) in [6.07, 6.45) is 0.518. The van der Waals surface area contributed by atoms with Crippen molar-refractivity contribution in [2.24, 2.45) is 0 Å². The lowest BCUT2D eigenvalue weighted by Crippen LogP contribution is -2.35. The van der Waals surface area contributed by atoms with Crippen LogP contribution in [0.5, 0.6) is 5.75 Å². The molecule has 0 aliphatic carbocycles. The van der Waals surface area contributed by atoms with E-state index in [1.807, 2.05) is 0 Å². The van der Waals surface area contributed by atoms with Gasteiger partial charge in [0, 0.05) is 30.5 Å². The number of anilines is 1. The van der Waals surface area contributed by atoms with Crippen LogP contribution in [0.15, 0.2) is 35.2 Å². The van der Waals surface area contributed by atoms with E-state index in [4.69, 9.17) is 9.47 Å². The molecule has 0 radical (unpaired) electrons. The Morgan fingerprint density at radius 3 is 2.45 bits per heavy atom. The van der Waals surface area contributed by atoms with Crippen LogP contribution in [0, 0.1) is 17.5 Å².